The van der Waals surface area contributed by atoms with Gasteiger partial charge in [0.1, 0.15) is 11.6 Å². The van der Waals surface area contributed by atoms with Gasteiger partial charge in [-0.2, -0.15) is 0 Å². The van der Waals surface area contributed by atoms with Crippen LogP contribution < -0.4 is 5.73 Å². The lowest BCUT2D eigenvalue weighted by Gasteiger charge is -2.09. The molecule has 0 radical (unpaired) electrons. The Morgan fingerprint density at radius 1 is 1.46 bits per heavy atom. The average molecular weight is 184 g/mol. The van der Waals surface area contributed by atoms with Crippen molar-refractivity contribution in [1.29, 1.82) is 0 Å². The van der Waals surface area contributed by atoms with Crippen LogP contribution in [0.4, 0.5) is 10.2 Å². The van der Waals surface area contributed by atoms with Gasteiger partial charge in [0, 0.05) is 5.56 Å². The molecule has 1 fully saturated rings. The first-order valence-electron chi connectivity index (χ1n) is 3.91. The highest BCUT2D eigenvalue weighted by Gasteiger charge is 2.22. The lowest BCUT2D eigenvalue weighted by molar-refractivity contribution is -0.0465. The van der Waals surface area contributed by atoms with Gasteiger partial charge in [0.25, 0.3) is 0 Å². The molecule has 0 atom stereocenters. The molecule has 0 bridgehead atoms. The summed E-state index contributed by atoms with van der Waals surface area (Å²) in [6, 6.07) is 1.42. The Hall–Kier alpha value is -1.20. The molecule has 2 N–H and O–H groups in total. The predicted molar refractivity (Wildman–Crippen MR) is 43.3 cm³/mol. The van der Waals surface area contributed by atoms with Crippen molar-refractivity contribution in [2.45, 2.75) is 6.29 Å². The van der Waals surface area contributed by atoms with Crippen molar-refractivity contribution in [3.8, 4) is 0 Å². The fourth-order valence-electron chi connectivity index (χ4n) is 1.19. The first kappa shape index (κ1) is 8.40. The van der Waals surface area contributed by atoms with Crippen LogP contribution in [0.15, 0.2) is 12.3 Å². The highest BCUT2D eigenvalue weighted by Crippen LogP contribution is 2.25. The molecule has 70 valence electrons. The molecule has 2 rings (SSSR count). The monoisotopic (exact) mass is 184 g/mol. The van der Waals surface area contributed by atoms with E-state index in [0.717, 1.165) is 6.20 Å². The summed E-state index contributed by atoms with van der Waals surface area (Å²) in [5.41, 5.74) is 5.72. The molecular weight excluding hydrogens is 175 g/mol. The van der Waals surface area contributed by atoms with Crippen LogP contribution in [0, 0.1) is 5.82 Å². The molecule has 0 aliphatic carbocycles. The second-order valence-electron chi connectivity index (χ2n) is 2.70. The minimum atomic E-state index is -0.634. The van der Waals surface area contributed by atoms with Crippen molar-refractivity contribution in [2.24, 2.45) is 0 Å². The number of hydrogen-bond donors (Lipinski definition) is 1. The highest BCUT2D eigenvalue weighted by atomic mass is 19.1. The van der Waals surface area contributed by atoms with Gasteiger partial charge in [-0.3, -0.25) is 0 Å². The van der Waals surface area contributed by atoms with Crippen LogP contribution >= 0.6 is 0 Å². The smallest absolute Gasteiger partial charge is 0.187 e. The number of rotatable bonds is 1. The van der Waals surface area contributed by atoms with E-state index in [1.165, 1.54) is 6.07 Å². The van der Waals surface area contributed by atoms with Crippen LogP contribution in [0.25, 0.3) is 0 Å². The molecule has 0 amide bonds. The number of halogens is 1. The molecule has 1 aromatic heterocycles. The second-order valence-corrected chi connectivity index (χ2v) is 2.70. The number of nitrogens with zero attached hydrogens (tertiary/aromatic N) is 1. The molecule has 2 heterocycles. The van der Waals surface area contributed by atoms with Crippen molar-refractivity contribution in [2.75, 3.05) is 18.9 Å². The zero-order valence-corrected chi connectivity index (χ0v) is 6.87. The summed E-state index contributed by atoms with van der Waals surface area (Å²) in [6.45, 7) is 0.957. The quantitative estimate of drug-likeness (QED) is 0.702. The van der Waals surface area contributed by atoms with Gasteiger partial charge in [0.2, 0.25) is 0 Å². The van der Waals surface area contributed by atoms with Crippen molar-refractivity contribution >= 4 is 5.82 Å². The largest absolute Gasteiger partial charge is 0.384 e. The maximum Gasteiger partial charge on any atom is 0.187 e. The summed E-state index contributed by atoms with van der Waals surface area (Å²) in [6.07, 6.45) is 0.431. The Bertz CT molecular complexity index is 313. The van der Waals surface area contributed by atoms with E-state index in [-0.39, 0.29) is 5.82 Å². The van der Waals surface area contributed by atoms with Gasteiger partial charge in [-0.05, 0) is 6.07 Å². The first-order valence-corrected chi connectivity index (χ1v) is 3.91. The summed E-state index contributed by atoms with van der Waals surface area (Å²) in [5, 5.41) is 0. The van der Waals surface area contributed by atoms with Crippen LogP contribution in [0.2, 0.25) is 0 Å². The molecule has 0 saturated carbocycles. The normalized spacial score (nSPS) is 17.9. The molecule has 1 aliphatic rings. The molecule has 0 aromatic carbocycles. The molecule has 0 spiro atoms. The van der Waals surface area contributed by atoms with Crippen molar-refractivity contribution < 1.29 is 13.9 Å². The maximum atomic E-state index is 13.1. The number of aromatic nitrogens is 1. The van der Waals surface area contributed by atoms with Gasteiger partial charge in [-0.25, -0.2) is 9.37 Å². The minimum absolute atomic E-state index is 0.260. The van der Waals surface area contributed by atoms with Crippen LogP contribution in [-0.2, 0) is 9.47 Å². The van der Waals surface area contributed by atoms with Gasteiger partial charge in [0.15, 0.2) is 6.29 Å². The standard InChI is InChI=1S/C8H9FN2O2/c9-6-4-11-7(10)3-5(6)8-12-1-2-13-8/h3-4,8H,1-2H2,(H2,10,11). The van der Waals surface area contributed by atoms with Gasteiger partial charge in [-0.15, -0.1) is 0 Å². The number of anilines is 1. The fraction of sp³-hybridized carbons (Fsp3) is 0.375. The Morgan fingerprint density at radius 2 is 2.15 bits per heavy atom. The lowest BCUT2D eigenvalue weighted by Crippen LogP contribution is -2.03. The SMILES string of the molecule is Nc1cc(C2OCCO2)c(F)cn1. The van der Waals surface area contributed by atoms with E-state index < -0.39 is 12.1 Å². The molecule has 0 unspecified atom stereocenters. The van der Waals surface area contributed by atoms with Crippen LogP contribution in [-0.4, -0.2) is 18.2 Å². The summed E-state index contributed by atoms with van der Waals surface area (Å²) in [7, 11) is 0. The van der Waals surface area contributed by atoms with E-state index in [9.17, 15) is 4.39 Å². The van der Waals surface area contributed by atoms with E-state index >= 15 is 0 Å². The van der Waals surface area contributed by atoms with Gasteiger partial charge in [0.05, 0.1) is 19.4 Å². The predicted octanol–water partition coefficient (Wildman–Crippen LogP) is 0.848. The van der Waals surface area contributed by atoms with E-state index in [1.807, 2.05) is 0 Å². The Kier molecular flexibility index (Phi) is 2.12. The number of ether oxygens (including phenoxy) is 2. The highest BCUT2D eigenvalue weighted by molar-refractivity contribution is 5.33. The zero-order valence-electron chi connectivity index (χ0n) is 6.87. The van der Waals surface area contributed by atoms with Gasteiger partial charge in [-0.1, -0.05) is 0 Å². The zero-order chi connectivity index (χ0) is 9.26. The van der Waals surface area contributed by atoms with Gasteiger partial charge >= 0.3 is 0 Å². The van der Waals surface area contributed by atoms with Crippen molar-refractivity contribution in [3.05, 3.63) is 23.6 Å². The average Bonchev–Trinajstić information content (AvgIpc) is 2.61. The molecule has 1 saturated heterocycles. The Labute approximate surface area is 74.5 Å². The third kappa shape index (κ3) is 1.61. The van der Waals surface area contributed by atoms with Crippen LogP contribution in [0.5, 0.6) is 0 Å². The van der Waals surface area contributed by atoms with Gasteiger partial charge < -0.3 is 15.2 Å². The van der Waals surface area contributed by atoms with E-state index in [1.54, 1.807) is 0 Å². The number of nitrogens with two attached hydrogens (primary N) is 1. The third-order valence-corrected chi connectivity index (χ3v) is 1.78. The van der Waals surface area contributed by atoms with E-state index in [0.29, 0.717) is 18.8 Å². The maximum absolute atomic E-state index is 13.1. The number of nitrogen functional groups attached to an aromatic ring is 1. The summed E-state index contributed by atoms with van der Waals surface area (Å²) in [4.78, 5) is 3.60. The van der Waals surface area contributed by atoms with Crippen molar-refractivity contribution in [3.63, 3.8) is 0 Å². The molecular formula is C8H9FN2O2. The van der Waals surface area contributed by atoms with Crippen LogP contribution in [0.1, 0.15) is 11.9 Å². The molecule has 5 heteroatoms. The summed E-state index contributed by atoms with van der Waals surface area (Å²) >= 11 is 0. The van der Waals surface area contributed by atoms with E-state index in [4.69, 9.17) is 15.2 Å². The molecule has 13 heavy (non-hydrogen) atoms. The first-order chi connectivity index (χ1) is 6.27. The second kappa shape index (κ2) is 3.27. The number of pyridine rings is 1. The fourth-order valence-corrected chi connectivity index (χ4v) is 1.19. The van der Waals surface area contributed by atoms with Crippen molar-refractivity contribution in [1.82, 2.24) is 4.98 Å². The summed E-state index contributed by atoms with van der Waals surface area (Å²) in [5.74, 6) is -0.198. The summed E-state index contributed by atoms with van der Waals surface area (Å²) < 4.78 is 23.4. The van der Waals surface area contributed by atoms with E-state index in [2.05, 4.69) is 4.98 Å². The third-order valence-electron chi connectivity index (χ3n) is 1.78. The number of hydrogen-bond acceptors (Lipinski definition) is 4. The molecule has 4 nitrogen and oxygen atoms in total. The topological polar surface area (TPSA) is 57.4 Å². The lowest BCUT2D eigenvalue weighted by atomic mass is 10.2. The molecule has 1 aromatic rings. The Balaban J connectivity index is 2.32. The minimum Gasteiger partial charge on any atom is -0.384 e. The molecule has 1 aliphatic heterocycles. The van der Waals surface area contributed by atoms with Crippen LogP contribution in [0.3, 0.4) is 0 Å². The Morgan fingerprint density at radius 3 is 2.85 bits per heavy atom.